The number of benzene rings is 2. The van der Waals surface area contributed by atoms with Gasteiger partial charge in [-0.2, -0.15) is 0 Å². The number of Topliss-reactive ketones (excluding diaryl/α,β-unsaturated/α-hetero) is 1. The molecule has 0 spiro atoms. The SMILES string of the molecule is CCOc1cc(C(CC(C)=O)N2Cc3cccc(N)c3C2)ccc1OC. The van der Waals surface area contributed by atoms with E-state index in [9.17, 15) is 4.79 Å². The molecule has 5 nitrogen and oxygen atoms in total. The van der Waals surface area contributed by atoms with E-state index in [1.54, 1.807) is 14.0 Å². The minimum absolute atomic E-state index is 0.0237. The van der Waals surface area contributed by atoms with Crippen molar-refractivity contribution in [1.29, 1.82) is 0 Å². The number of ketones is 1. The maximum absolute atomic E-state index is 12.0. The minimum atomic E-state index is -0.0237. The number of ether oxygens (including phenoxy) is 2. The van der Waals surface area contributed by atoms with Gasteiger partial charge in [-0.25, -0.2) is 0 Å². The third-order valence-corrected chi connectivity index (χ3v) is 4.84. The monoisotopic (exact) mass is 354 g/mol. The number of hydrogen-bond donors (Lipinski definition) is 1. The Labute approximate surface area is 154 Å². The summed E-state index contributed by atoms with van der Waals surface area (Å²) in [6.07, 6.45) is 0.450. The van der Waals surface area contributed by atoms with Crippen LogP contribution in [-0.4, -0.2) is 24.4 Å². The molecule has 138 valence electrons. The van der Waals surface area contributed by atoms with Gasteiger partial charge in [0.15, 0.2) is 11.5 Å². The van der Waals surface area contributed by atoms with Crippen LogP contribution >= 0.6 is 0 Å². The molecule has 1 aliphatic rings. The lowest BCUT2D eigenvalue weighted by Gasteiger charge is -2.28. The molecule has 0 aliphatic carbocycles. The summed E-state index contributed by atoms with van der Waals surface area (Å²) in [5.41, 5.74) is 10.4. The second-order valence-electron chi connectivity index (χ2n) is 6.66. The summed E-state index contributed by atoms with van der Waals surface area (Å²) in [6, 6.07) is 11.9. The fourth-order valence-corrected chi connectivity index (χ4v) is 3.59. The standard InChI is InChI=1S/C21H26N2O3/c1-4-26-21-11-15(8-9-20(21)25-3)19(10-14(2)24)23-12-16-6-5-7-18(22)17(16)13-23/h5-9,11,19H,4,10,12-13,22H2,1-3H3. The number of nitrogens with zero attached hydrogens (tertiary/aromatic N) is 1. The molecular formula is C21H26N2O3. The van der Waals surface area contributed by atoms with Crippen LogP contribution < -0.4 is 15.2 Å². The molecule has 2 aromatic rings. The lowest BCUT2D eigenvalue weighted by atomic mass is 9.99. The van der Waals surface area contributed by atoms with Gasteiger partial charge in [0.1, 0.15) is 5.78 Å². The Morgan fingerprint density at radius 1 is 1.23 bits per heavy atom. The number of anilines is 1. The van der Waals surface area contributed by atoms with E-state index in [0.29, 0.717) is 24.5 Å². The number of carbonyl (C=O) groups excluding carboxylic acids is 1. The van der Waals surface area contributed by atoms with Crippen LogP contribution in [0, 0.1) is 0 Å². The second kappa shape index (κ2) is 7.79. The average molecular weight is 354 g/mol. The van der Waals surface area contributed by atoms with Crippen molar-refractivity contribution in [1.82, 2.24) is 4.90 Å². The molecule has 2 aromatic carbocycles. The van der Waals surface area contributed by atoms with Crippen molar-refractivity contribution in [3.05, 3.63) is 53.1 Å². The van der Waals surface area contributed by atoms with E-state index < -0.39 is 0 Å². The Hall–Kier alpha value is -2.53. The molecule has 0 bridgehead atoms. The van der Waals surface area contributed by atoms with Crippen LogP contribution in [0.5, 0.6) is 11.5 Å². The molecule has 1 aliphatic heterocycles. The molecule has 0 saturated heterocycles. The molecule has 1 atom stereocenters. The third-order valence-electron chi connectivity index (χ3n) is 4.84. The molecule has 0 amide bonds. The first-order valence-corrected chi connectivity index (χ1v) is 8.94. The topological polar surface area (TPSA) is 64.8 Å². The zero-order valence-electron chi connectivity index (χ0n) is 15.6. The summed E-state index contributed by atoms with van der Waals surface area (Å²) in [5.74, 6) is 1.57. The zero-order chi connectivity index (χ0) is 18.7. The average Bonchev–Trinajstić information content (AvgIpc) is 3.05. The Morgan fingerprint density at radius 3 is 2.69 bits per heavy atom. The van der Waals surface area contributed by atoms with E-state index in [1.807, 2.05) is 37.3 Å². The van der Waals surface area contributed by atoms with E-state index in [-0.39, 0.29) is 11.8 Å². The number of nitrogens with two attached hydrogens (primary N) is 1. The third kappa shape index (κ3) is 3.68. The summed E-state index contributed by atoms with van der Waals surface area (Å²) in [5, 5.41) is 0. The highest BCUT2D eigenvalue weighted by Gasteiger charge is 2.29. The lowest BCUT2D eigenvalue weighted by Crippen LogP contribution is -2.25. The van der Waals surface area contributed by atoms with Gasteiger partial charge in [-0.15, -0.1) is 0 Å². The van der Waals surface area contributed by atoms with Gasteiger partial charge in [-0.1, -0.05) is 18.2 Å². The number of rotatable bonds is 7. The first-order chi connectivity index (χ1) is 12.5. The summed E-state index contributed by atoms with van der Waals surface area (Å²) >= 11 is 0. The molecule has 1 unspecified atom stereocenters. The highest BCUT2D eigenvalue weighted by Crippen LogP contribution is 2.38. The molecule has 3 rings (SSSR count). The number of methoxy groups -OCH3 is 1. The molecule has 0 fully saturated rings. The fraction of sp³-hybridized carbons (Fsp3) is 0.381. The summed E-state index contributed by atoms with van der Waals surface area (Å²) < 4.78 is 11.1. The summed E-state index contributed by atoms with van der Waals surface area (Å²) in [7, 11) is 1.63. The predicted molar refractivity (Wildman–Crippen MR) is 102 cm³/mol. The van der Waals surface area contributed by atoms with Crippen molar-refractivity contribution in [2.75, 3.05) is 19.5 Å². The Morgan fingerprint density at radius 2 is 2.04 bits per heavy atom. The maximum Gasteiger partial charge on any atom is 0.161 e. The van der Waals surface area contributed by atoms with Crippen LogP contribution in [0.4, 0.5) is 5.69 Å². The maximum atomic E-state index is 12.0. The number of nitrogen functional groups attached to an aromatic ring is 1. The molecule has 2 N–H and O–H groups in total. The Kier molecular flexibility index (Phi) is 5.47. The molecule has 0 aromatic heterocycles. The van der Waals surface area contributed by atoms with Crippen LogP contribution in [0.1, 0.15) is 43.0 Å². The quantitative estimate of drug-likeness (QED) is 0.768. The van der Waals surface area contributed by atoms with Gasteiger partial charge in [0.05, 0.1) is 13.7 Å². The highest BCUT2D eigenvalue weighted by atomic mass is 16.5. The van der Waals surface area contributed by atoms with Gasteiger partial charge >= 0.3 is 0 Å². The fourth-order valence-electron chi connectivity index (χ4n) is 3.59. The van der Waals surface area contributed by atoms with Gasteiger partial charge in [-0.05, 0) is 48.7 Å². The van der Waals surface area contributed by atoms with E-state index in [1.165, 1.54) is 11.1 Å². The predicted octanol–water partition coefficient (Wildman–Crippen LogP) is 3.71. The van der Waals surface area contributed by atoms with Crippen molar-refractivity contribution in [2.45, 2.75) is 39.4 Å². The van der Waals surface area contributed by atoms with E-state index >= 15 is 0 Å². The van der Waals surface area contributed by atoms with Gasteiger partial charge in [0.25, 0.3) is 0 Å². The van der Waals surface area contributed by atoms with Crippen molar-refractivity contribution in [3.63, 3.8) is 0 Å². The largest absolute Gasteiger partial charge is 0.493 e. The highest BCUT2D eigenvalue weighted by molar-refractivity contribution is 5.76. The van der Waals surface area contributed by atoms with Gasteiger partial charge < -0.3 is 15.2 Å². The number of hydrogen-bond acceptors (Lipinski definition) is 5. The van der Waals surface area contributed by atoms with E-state index in [2.05, 4.69) is 11.0 Å². The lowest BCUT2D eigenvalue weighted by molar-refractivity contribution is -0.118. The van der Waals surface area contributed by atoms with Crippen molar-refractivity contribution < 1.29 is 14.3 Å². The van der Waals surface area contributed by atoms with E-state index in [0.717, 1.165) is 24.3 Å². The van der Waals surface area contributed by atoms with Crippen LogP contribution in [0.25, 0.3) is 0 Å². The smallest absolute Gasteiger partial charge is 0.161 e. The summed E-state index contributed by atoms with van der Waals surface area (Å²) in [6.45, 7) is 5.67. The normalized spacial score (nSPS) is 14.7. The molecular weight excluding hydrogens is 328 g/mol. The van der Waals surface area contributed by atoms with Crippen LogP contribution in [-0.2, 0) is 17.9 Å². The minimum Gasteiger partial charge on any atom is -0.493 e. The van der Waals surface area contributed by atoms with Gasteiger partial charge in [-0.3, -0.25) is 9.69 Å². The second-order valence-corrected chi connectivity index (χ2v) is 6.66. The Bertz CT molecular complexity index is 804. The summed E-state index contributed by atoms with van der Waals surface area (Å²) in [4.78, 5) is 14.3. The molecule has 26 heavy (non-hydrogen) atoms. The first-order valence-electron chi connectivity index (χ1n) is 8.94. The zero-order valence-corrected chi connectivity index (χ0v) is 15.6. The van der Waals surface area contributed by atoms with Gasteiger partial charge in [0, 0.05) is 31.2 Å². The van der Waals surface area contributed by atoms with Crippen molar-refractivity contribution >= 4 is 11.5 Å². The van der Waals surface area contributed by atoms with Gasteiger partial charge in [0.2, 0.25) is 0 Å². The first kappa shape index (κ1) is 18.3. The van der Waals surface area contributed by atoms with Crippen molar-refractivity contribution in [2.24, 2.45) is 0 Å². The van der Waals surface area contributed by atoms with Crippen molar-refractivity contribution in [3.8, 4) is 11.5 Å². The molecule has 1 heterocycles. The van der Waals surface area contributed by atoms with E-state index in [4.69, 9.17) is 15.2 Å². The Balaban J connectivity index is 1.94. The number of carbonyl (C=O) groups is 1. The number of fused-ring (bicyclic) bond motifs is 1. The van der Waals surface area contributed by atoms with Crippen LogP contribution in [0.15, 0.2) is 36.4 Å². The van der Waals surface area contributed by atoms with Crippen LogP contribution in [0.2, 0.25) is 0 Å². The molecule has 0 radical (unpaired) electrons. The molecule has 0 saturated carbocycles. The molecule has 5 heteroatoms. The van der Waals surface area contributed by atoms with Crippen LogP contribution in [0.3, 0.4) is 0 Å².